The fourth-order valence-corrected chi connectivity index (χ4v) is 0. The van der Waals surface area contributed by atoms with Crippen molar-refractivity contribution in [2.75, 3.05) is 0 Å². The van der Waals surface area contributed by atoms with Crippen LogP contribution in [0, 0.1) is 0 Å². The van der Waals surface area contributed by atoms with Gasteiger partial charge in [0.2, 0.25) is 0 Å². The molecule has 0 bridgehead atoms. The average molecular weight is 221 g/mol. The number of hydrogen-bond acceptors (Lipinski definition) is 8. The molecular weight excluding hydrogens is 216 g/mol. The van der Waals surface area contributed by atoms with Gasteiger partial charge in [-0.3, -0.25) is 0 Å². The van der Waals surface area contributed by atoms with E-state index in [-0.39, 0.29) is 90.8 Å². The van der Waals surface area contributed by atoms with Crippen LogP contribution in [0.5, 0.6) is 0 Å². The topological polar surface area (TPSA) is 213 Å². The van der Waals surface area contributed by atoms with Crippen LogP contribution in [-0.4, -0.2) is 97.0 Å². The first kappa shape index (κ1) is 113. The molecule has 64 valence electrons. The van der Waals surface area contributed by atoms with Crippen LogP contribution in [0.2, 0.25) is 0 Å². The zero-order valence-electron chi connectivity index (χ0n) is 5.95. The predicted octanol–water partition coefficient (Wildman–Crippen LogP) is -4.47. The number of carbonyl (C=O) groups excluding carboxylic acids is 1. The molecule has 0 aliphatic carbocycles. The summed E-state index contributed by atoms with van der Waals surface area (Å²) >= 11 is 0. The van der Waals surface area contributed by atoms with Gasteiger partial charge in [0.15, 0.2) is 0 Å². The molecular formula is CH5AlMg2O8. The van der Waals surface area contributed by atoms with Gasteiger partial charge in [-0.05, 0) is 6.16 Å². The van der Waals surface area contributed by atoms with Crippen molar-refractivity contribution in [1.82, 2.24) is 0 Å². The molecule has 8 nitrogen and oxygen atoms in total. The summed E-state index contributed by atoms with van der Waals surface area (Å²) in [6, 6.07) is 0. The fourth-order valence-electron chi connectivity index (χ4n) is 0. The van der Waals surface area contributed by atoms with Gasteiger partial charge in [0.1, 0.15) is 0 Å². The molecule has 0 aliphatic rings. The first-order valence-electron chi connectivity index (χ1n) is 0.612. The van der Waals surface area contributed by atoms with Crippen LogP contribution >= 0.6 is 0 Å². The minimum absolute atomic E-state index is 0. The Morgan fingerprint density at radius 2 is 0.750 bits per heavy atom. The molecule has 11 heteroatoms. The summed E-state index contributed by atoms with van der Waals surface area (Å²) in [5, 5.41) is 16.7. The second-order valence-corrected chi connectivity index (χ2v) is 0.250. The predicted molar refractivity (Wildman–Crippen MR) is 32.3 cm³/mol. The maximum Gasteiger partial charge on any atom is 3.00 e. The van der Waals surface area contributed by atoms with Gasteiger partial charge < -0.3 is 42.4 Å². The molecule has 0 radical (unpaired) electrons. The molecule has 0 fully saturated rings. The summed E-state index contributed by atoms with van der Waals surface area (Å²) in [5.41, 5.74) is 0. The molecule has 5 N–H and O–H groups in total. The summed E-state index contributed by atoms with van der Waals surface area (Å²) in [5.74, 6) is 0. The second-order valence-electron chi connectivity index (χ2n) is 0.250. The van der Waals surface area contributed by atoms with Crippen molar-refractivity contribution in [1.29, 1.82) is 0 Å². The molecule has 0 aromatic rings. The van der Waals surface area contributed by atoms with E-state index >= 15 is 0 Å². The van der Waals surface area contributed by atoms with Gasteiger partial charge in [0, 0.05) is 0 Å². The smallest absolute Gasteiger partial charge is 0.870 e. The maximum atomic E-state index is 8.33. The summed E-state index contributed by atoms with van der Waals surface area (Å²) in [7, 11) is 0. The minimum Gasteiger partial charge on any atom is -0.870 e. The first-order valence-corrected chi connectivity index (χ1v) is 0.612. The first-order chi connectivity index (χ1) is 1.73. The third kappa shape index (κ3) is 888. The summed E-state index contributed by atoms with van der Waals surface area (Å²) in [6.07, 6.45) is -2.33. The number of carbonyl (C=O) groups is 1. The van der Waals surface area contributed by atoms with Crippen molar-refractivity contribution in [3.05, 3.63) is 0 Å². The molecule has 0 amide bonds. The molecule has 0 aliphatic heterocycles. The monoisotopic (exact) mass is 220 g/mol. The Balaban J connectivity index is -0.00000000161. The van der Waals surface area contributed by atoms with Gasteiger partial charge in [-0.15, -0.1) is 0 Å². The SMILES string of the molecule is O=C([O-])[O-].[Al+3].[Mg+2].[Mg+2].[OH-].[OH-].[OH-].[OH-].[OH-]. The van der Waals surface area contributed by atoms with E-state index < -0.39 is 6.16 Å². The Morgan fingerprint density at radius 1 is 0.750 bits per heavy atom. The largest absolute Gasteiger partial charge is 3.00 e. The number of hydrogen-bond donors (Lipinski definition) is 0. The van der Waals surface area contributed by atoms with Crippen LogP contribution in [-0.2, 0) is 0 Å². The molecule has 0 spiro atoms. The third-order valence-electron chi connectivity index (χ3n) is 0. The van der Waals surface area contributed by atoms with E-state index in [1.807, 2.05) is 0 Å². The van der Waals surface area contributed by atoms with Crippen LogP contribution in [0.4, 0.5) is 4.79 Å². The van der Waals surface area contributed by atoms with Gasteiger partial charge in [-0.2, -0.15) is 0 Å². The van der Waals surface area contributed by atoms with Gasteiger partial charge >= 0.3 is 63.5 Å². The Kier molecular flexibility index (Phi) is 830. The van der Waals surface area contributed by atoms with Crippen molar-refractivity contribution in [2.24, 2.45) is 0 Å². The Labute approximate surface area is 111 Å². The maximum absolute atomic E-state index is 8.33. The van der Waals surface area contributed by atoms with Crippen LogP contribution in [0.15, 0.2) is 0 Å². The van der Waals surface area contributed by atoms with E-state index in [4.69, 9.17) is 15.0 Å². The Morgan fingerprint density at radius 3 is 0.750 bits per heavy atom. The Hall–Kier alpha value is 1.13. The molecule has 0 unspecified atom stereocenters. The number of carboxylic acid groups (broad SMARTS) is 2. The molecule has 0 saturated carbocycles. The van der Waals surface area contributed by atoms with Gasteiger partial charge in [-0.1, -0.05) is 0 Å². The normalized spacial score (nSPS) is 2.00. The van der Waals surface area contributed by atoms with Crippen molar-refractivity contribution in [2.45, 2.75) is 0 Å². The third-order valence-corrected chi connectivity index (χ3v) is 0. The second kappa shape index (κ2) is 88.0. The summed E-state index contributed by atoms with van der Waals surface area (Å²) < 4.78 is 0. The van der Waals surface area contributed by atoms with E-state index in [9.17, 15) is 0 Å². The van der Waals surface area contributed by atoms with E-state index in [0.29, 0.717) is 0 Å². The molecule has 0 rings (SSSR count). The van der Waals surface area contributed by atoms with Crippen molar-refractivity contribution in [3.8, 4) is 0 Å². The minimum atomic E-state index is -2.33. The number of rotatable bonds is 0. The molecule has 0 saturated heterocycles. The van der Waals surface area contributed by atoms with Crippen LogP contribution in [0.1, 0.15) is 0 Å². The van der Waals surface area contributed by atoms with Crippen molar-refractivity contribution in [3.63, 3.8) is 0 Å². The van der Waals surface area contributed by atoms with E-state index in [0.717, 1.165) is 0 Å². The van der Waals surface area contributed by atoms with Crippen molar-refractivity contribution < 1.29 is 42.4 Å². The summed E-state index contributed by atoms with van der Waals surface area (Å²) in [6.45, 7) is 0. The quantitative estimate of drug-likeness (QED) is 0.362. The van der Waals surface area contributed by atoms with E-state index in [1.54, 1.807) is 0 Å². The van der Waals surface area contributed by atoms with Gasteiger partial charge in [0.25, 0.3) is 0 Å². The van der Waals surface area contributed by atoms with Crippen LogP contribution in [0.25, 0.3) is 0 Å². The van der Waals surface area contributed by atoms with Crippen LogP contribution < -0.4 is 10.2 Å². The average Bonchev–Trinajstić information content (AvgIpc) is 0.811. The molecule has 0 aromatic heterocycles. The zero-order chi connectivity index (χ0) is 3.58. The van der Waals surface area contributed by atoms with E-state index in [1.165, 1.54) is 0 Å². The van der Waals surface area contributed by atoms with E-state index in [2.05, 4.69) is 0 Å². The Bertz CT molecular complexity index is 40.0. The molecule has 12 heavy (non-hydrogen) atoms. The zero-order valence-corrected chi connectivity index (χ0v) is 9.94. The standard InChI is InChI=1S/CH2O3.Al.2Mg.5H2O/c2-1(3)4;;;;;;;;/h(H2,2,3,4);;;;5*1H2/q;+3;2*+2;;;;;/p-7. The van der Waals surface area contributed by atoms with Gasteiger partial charge in [0.05, 0.1) is 0 Å². The fraction of sp³-hybridized carbons (Fsp3) is 0. The molecule has 0 heterocycles. The molecule has 0 atom stereocenters. The van der Waals surface area contributed by atoms with Gasteiger partial charge in [-0.25, -0.2) is 0 Å². The van der Waals surface area contributed by atoms with Crippen LogP contribution in [0.3, 0.4) is 0 Å². The summed E-state index contributed by atoms with van der Waals surface area (Å²) in [4.78, 5) is 8.33. The van der Waals surface area contributed by atoms with Crippen molar-refractivity contribution >= 4 is 69.6 Å². The molecule has 0 aromatic carbocycles.